The Labute approximate surface area is 118 Å². The van der Waals surface area contributed by atoms with E-state index in [-0.39, 0.29) is 6.04 Å². The molecule has 1 N–H and O–H groups in total. The highest BCUT2D eigenvalue weighted by atomic mass is 16.5. The van der Waals surface area contributed by atoms with Crippen LogP contribution < -0.4 is 0 Å². The summed E-state index contributed by atoms with van der Waals surface area (Å²) in [6, 6.07) is 10.3. The number of rotatable bonds is 4. The van der Waals surface area contributed by atoms with Crippen LogP contribution in [0.2, 0.25) is 0 Å². The fraction of sp³-hybridized carbons (Fsp3) is 0.375. The van der Waals surface area contributed by atoms with Gasteiger partial charge in [-0.2, -0.15) is 0 Å². The van der Waals surface area contributed by atoms with Crippen LogP contribution in [0.4, 0.5) is 0 Å². The third-order valence-electron chi connectivity index (χ3n) is 3.43. The van der Waals surface area contributed by atoms with Crippen molar-refractivity contribution in [3.05, 3.63) is 53.6 Å². The lowest BCUT2D eigenvalue weighted by Crippen LogP contribution is -2.12. The maximum Gasteiger partial charge on any atom is 0.238 e. The maximum absolute atomic E-state index is 5.95. The molecular weight excluding hydrogens is 250 g/mol. The van der Waals surface area contributed by atoms with E-state index in [4.69, 9.17) is 9.73 Å². The Kier molecular flexibility index (Phi) is 3.54. The van der Waals surface area contributed by atoms with Crippen LogP contribution in [0.5, 0.6) is 0 Å². The minimum atomic E-state index is 0.0565. The molecule has 2 aromatic rings. The first-order valence-corrected chi connectivity index (χ1v) is 7.04. The summed E-state index contributed by atoms with van der Waals surface area (Å²) in [6.45, 7) is 4.06. The van der Waals surface area contributed by atoms with Crippen molar-refractivity contribution in [3.63, 3.8) is 0 Å². The minimum Gasteiger partial charge on any atom is -0.473 e. The Hall–Kier alpha value is -2.10. The number of aromatic amines is 1. The van der Waals surface area contributed by atoms with E-state index in [0.717, 1.165) is 24.2 Å². The van der Waals surface area contributed by atoms with Crippen molar-refractivity contribution in [2.75, 3.05) is 0 Å². The van der Waals surface area contributed by atoms with Crippen LogP contribution in [-0.4, -0.2) is 22.0 Å². The number of nitrogens with zero attached hydrogens (tertiary/aromatic N) is 2. The van der Waals surface area contributed by atoms with Crippen molar-refractivity contribution >= 4 is 5.90 Å². The normalized spacial score (nSPS) is 17.0. The van der Waals surface area contributed by atoms with Crippen molar-refractivity contribution in [1.82, 2.24) is 9.97 Å². The molecule has 1 unspecified atom stereocenters. The Balaban J connectivity index is 1.88. The van der Waals surface area contributed by atoms with Gasteiger partial charge in [-0.25, -0.2) is 9.98 Å². The topological polar surface area (TPSA) is 50.3 Å². The first kappa shape index (κ1) is 12.9. The van der Waals surface area contributed by atoms with E-state index in [1.165, 1.54) is 5.56 Å². The zero-order valence-corrected chi connectivity index (χ0v) is 11.8. The predicted octanol–water partition coefficient (Wildman–Crippen LogP) is 3.40. The van der Waals surface area contributed by atoms with Gasteiger partial charge in [0, 0.05) is 5.69 Å². The molecule has 0 spiro atoms. The summed E-state index contributed by atoms with van der Waals surface area (Å²) in [5, 5.41) is 0. The molecule has 0 aliphatic heterocycles. The molecule has 1 heterocycles. The third-order valence-corrected chi connectivity index (χ3v) is 3.43. The SMILES string of the molecule is Cc1[nH]cnc1C(=NC(C)c1ccccc1)OC1CC1. The molecule has 1 aromatic carbocycles. The second-order valence-electron chi connectivity index (χ2n) is 5.21. The molecule has 1 fully saturated rings. The molecule has 0 saturated heterocycles. The van der Waals surface area contributed by atoms with Gasteiger partial charge in [0.1, 0.15) is 11.8 Å². The number of aryl methyl sites for hydroxylation is 1. The molecule has 1 aliphatic rings. The second kappa shape index (κ2) is 5.49. The number of hydrogen-bond acceptors (Lipinski definition) is 3. The number of H-pyrrole nitrogens is 1. The molecule has 104 valence electrons. The van der Waals surface area contributed by atoms with Crippen LogP contribution >= 0.6 is 0 Å². The number of imidazole rings is 1. The van der Waals surface area contributed by atoms with Gasteiger partial charge >= 0.3 is 0 Å². The van der Waals surface area contributed by atoms with Gasteiger partial charge in [0.2, 0.25) is 5.90 Å². The van der Waals surface area contributed by atoms with E-state index in [9.17, 15) is 0 Å². The highest BCUT2D eigenvalue weighted by Gasteiger charge is 2.27. The summed E-state index contributed by atoms with van der Waals surface area (Å²) in [5.74, 6) is 0.655. The lowest BCUT2D eigenvalue weighted by Gasteiger charge is -2.12. The Morgan fingerprint density at radius 2 is 2.10 bits per heavy atom. The Morgan fingerprint density at radius 1 is 1.35 bits per heavy atom. The van der Waals surface area contributed by atoms with Crippen molar-refractivity contribution in [2.45, 2.75) is 38.8 Å². The number of nitrogens with one attached hydrogen (secondary N) is 1. The summed E-state index contributed by atoms with van der Waals surface area (Å²) in [6.07, 6.45) is 4.22. The van der Waals surface area contributed by atoms with Gasteiger partial charge in [0.25, 0.3) is 0 Å². The highest BCUT2D eigenvalue weighted by molar-refractivity contribution is 5.93. The van der Waals surface area contributed by atoms with Gasteiger partial charge < -0.3 is 9.72 Å². The summed E-state index contributed by atoms with van der Waals surface area (Å²) in [5.41, 5.74) is 2.99. The average molecular weight is 269 g/mol. The van der Waals surface area contributed by atoms with Crippen LogP contribution in [0.1, 0.15) is 42.8 Å². The van der Waals surface area contributed by atoms with Crippen molar-refractivity contribution in [3.8, 4) is 0 Å². The lowest BCUT2D eigenvalue weighted by atomic mass is 10.1. The fourth-order valence-electron chi connectivity index (χ4n) is 2.05. The first-order valence-electron chi connectivity index (χ1n) is 7.04. The summed E-state index contributed by atoms with van der Waals surface area (Å²) < 4.78 is 5.95. The number of benzene rings is 1. The molecule has 0 radical (unpaired) electrons. The van der Waals surface area contributed by atoms with E-state index < -0.39 is 0 Å². The molecule has 4 nitrogen and oxygen atoms in total. The Bertz CT molecular complexity index is 599. The summed E-state index contributed by atoms with van der Waals surface area (Å²) >= 11 is 0. The van der Waals surface area contributed by atoms with Gasteiger partial charge in [-0.3, -0.25) is 0 Å². The van der Waals surface area contributed by atoms with Crippen LogP contribution in [0, 0.1) is 6.92 Å². The number of aromatic nitrogens is 2. The van der Waals surface area contributed by atoms with Crippen LogP contribution in [0.3, 0.4) is 0 Å². The largest absolute Gasteiger partial charge is 0.473 e. The van der Waals surface area contributed by atoms with E-state index in [0.29, 0.717) is 12.0 Å². The summed E-state index contributed by atoms with van der Waals surface area (Å²) in [4.78, 5) is 12.2. The van der Waals surface area contributed by atoms with E-state index >= 15 is 0 Å². The molecule has 1 saturated carbocycles. The molecule has 0 amide bonds. The molecule has 1 aromatic heterocycles. The molecule has 1 atom stereocenters. The maximum atomic E-state index is 5.95. The zero-order chi connectivity index (χ0) is 13.9. The molecular formula is C16H19N3O. The quantitative estimate of drug-likeness (QED) is 0.683. The lowest BCUT2D eigenvalue weighted by molar-refractivity contribution is 0.287. The van der Waals surface area contributed by atoms with E-state index in [1.807, 2.05) is 25.1 Å². The first-order chi connectivity index (χ1) is 9.74. The highest BCUT2D eigenvalue weighted by Crippen LogP contribution is 2.27. The van der Waals surface area contributed by atoms with Crippen molar-refractivity contribution in [2.24, 2.45) is 4.99 Å². The van der Waals surface area contributed by atoms with Gasteiger partial charge in [-0.15, -0.1) is 0 Å². The van der Waals surface area contributed by atoms with Crippen LogP contribution in [0.25, 0.3) is 0 Å². The molecule has 3 rings (SSSR count). The van der Waals surface area contributed by atoms with E-state index in [2.05, 4.69) is 29.0 Å². The predicted molar refractivity (Wildman–Crippen MR) is 78.8 cm³/mol. The molecule has 20 heavy (non-hydrogen) atoms. The van der Waals surface area contributed by atoms with E-state index in [1.54, 1.807) is 6.33 Å². The zero-order valence-electron chi connectivity index (χ0n) is 11.8. The number of aliphatic imine (C=N–C) groups is 1. The number of ether oxygens (including phenoxy) is 1. The molecule has 1 aliphatic carbocycles. The second-order valence-corrected chi connectivity index (χ2v) is 5.21. The Morgan fingerprint density at radius 3 is 2.70 bits per heavy atom. The average Bonchev–Trinajstić information content (AvgIpc) is 3.18. The third kappa shape index (κ3) is 2.90. The van der Waals surface area contributed by atoms with Gasteiger partial charge in [0.15, 0.2) is 0 Å². The smallest absolute Gasteiger partial charge is 0.238 e. The minimum absolute atomic E-state index is 0.0565. The van der Waals surface area contributed by atoms with Crippen molar-refractivity contribution in [1.29, 1.82) is 0 Å². The molecule has 0 bridgehead atoms. The van der Waals surface area contributed by atoms with Crippen LogP contribution in [0.15, 0.2) is 41.7 Å². The molecule has 4 heteroatoms. The standard InChI is InChI=1S/C16H19N3O/c1-11(13-6-4-3-5-7-13)19-16(20-14-8-9-14)15-12(2)17-10-18-15/h3-7,10-11,14H,8-9H2,1-2H3,(H,17,18). The van der Waals surface area contributed by atoms with Crippen LogP contribution in [-0.2, 0) is 4.74 Å². The monoisotopic (exact) mass is 269 g/mol. The van der Waals surface area contributed by atoms with Crippen molar-refractivity contribution < 1.29 is 4.74 Å². The fourth-order valence-corrected chi connectivity index (χ4v) is 2.05. The van der Waals surface area contributed by atoms with Gasteiger partial charge in [-0.05, 0) is 32.3 Å². The van der Waals surface area contributed by atoms with Gasteiger partial charge in [-0.1, -0.05) is 30.3 Å². The summed E-state index contributed by atoms with van der Waals surface area (Å²) in [7, 11) is 0. The number of hydrogen-bond donors (Lipinski definition) is 1. The van der Waals surface area contributed by atoms with Gasteiger partial charge in [0.05, 0.1) is 12.4 Å².